The number of benzene rings is 2. The largest absolute Gasteiger partial charge is 0.380 e. The lowest BCUT2D eigenvalue weighted by Gasteiger charge is -2.33. The second kappa shape index (κ2) is 9.33. The fourth-order valence-corrected chi connectivity index (χ4v) is 3.34. The fraction of sp³-hybridized carbons (Fsp3) is 0.364. The molecule has 0 spiro atoms. The summed E-state index contributed by atoms with van der Waals surface area (Å²) in [5, 5.41) is 2.86. The van der Waals surface area contributed by atoms with Crippen LogP contribution in [0.4, 0.5) is 11.4 Å². The van der Waals surface area contributed by atoms with Crippen molar-refractivity contribution in [1.29, 1.82) is 0 Å². The van der Waals surface area contributed by atoms with Gasteiger partial charge in [-0.15, -0.1) is 0 Å². The van der Waals surface area contributed by atoms with Gasteiger partial charge in [0.05, 0.1) is 6.10 Å². The standard InChI is InChI=1S/C22H26N2O3/c1-27-20-8-5-15-24(16-20)19-11-9-18(10-12-19)23-22(26)14-13-21(25)17-6-3-2-4-7-17/h2-4,6-7,9-12,20H,5,8,13-16H2,1H3,(H,23,26). The van der Waals surface area contributed by atoms with Crippen LogP contribution in [0.5, 0.6) is 0 Å². The van der Waals surface area contributed by atoms with Crippen LogP contribution in [0.25, 0.3) is 0 Å². The van der Waals surface area contributed by atoms with Crippen LogP contribution in [0.2, 0.25) is 0 Å². The van der Waals surface area contributed by atoms with Crippen LogP contribution in [-0.4, -0.2) is 38.0 Å². The third-order valence-electron chi connectivity index (χ3n) is 4.90. The maximum absolute atomic E-state index is 12.1. The molecule has 1 N–H and O–H groups in total. The van der Waals surface area contributed by atoms with Crippen molar-refractivity contribution in [3.8, 4) is 0 Å². The van der Waals surface area contributed by atoms with Crippen molar-refractivity contribution in [2.75, 3.05) is 30.4 Å². The second-order valence-electron chi connectivity index (χ2n) is 6.83. The van der Waals surface area contributed by atoms with Gasteiger partial charge in [0.25, 0.3) is 0 Å². The molecule has 5 heteroatoms. The topological polar surface area (TPSA) is 58.6 Å². The maximum Gasteiger partial charge on any atom is 0.224 e. The average Bonchev–Trinajstić information content (AvgIpc) is 2.73. The molecule has 0 aliphatic carbocycles. The summed E-state index contributed by atoms with van der Waals surface area (Å²) in [7, 11) is 1.76. The smallest absolute Gasteiger partial charge is 0.224 e. The molecule has 27 heavy (non-hydrogen) atoms. The number of ketones is 1. The van der Waals surface area contributed by atoms with Gasteiger partial charge in [-0.2, -0.15) is 0 Å². The van der Waals surface area contributed by atoms with Crippen LogP contribution in [0, 0.1) is 0 Å². The molecule has 2 aromatic carbocycles. The van der Waals surface area contributed by atoms with E-state index in [0.29, 0.717) is 5.56 Å². The fourth-order valence-electron chi connectivity index (χ4n) is 3.34. The lowest BCUT2D eigenvalue weighted by molar-refractivity contribution is -0.116. The Balaban J connectivity index is 1.49. The van der Waals surface area contributed by atoms with E-state index in [4.69, 9.17) is 4.74 Å². The number of anilines is 2. The van der Waals surface area contributed by atoms with Crippen LogP contribution >= 0.6 is 0 Å². The first-order valence-electron chi connectivity index (χ1n) is 9.41. The minimum atomic E-state index is -0.149. The van der Waals surface area contributed by atoms with E-state index in [0.717, 1.165) is 37.3 Å². The van der Waals surface area contributed by atoms with Crippen molar-refractivity contribution < 1.29 is 14.3 Å². The van der Waals surface area contributed by atoms with Gasteiger partial charge in [0.15, 0.2) is 5.78 Å². The Morgan fingerprint density at radius 3 is 2.52 bits per heavy atom. The Morgan fingerprint density at radius 2 is 1.81 bits per heavy atom. The number of Topliss-reactive ketones (excluding diaryl/α,β-unsaturated/α-hetero) is 1. The average molecular weight is 366 g/mol. The molecule has 1 fully saturated rings. The van der Waals surface area contributed by atoms with E-state index in [1.807, 2.05) is 42.5 Å². The Bertz CT molecular complexity index is 759. The lowest BCUT2D eigenvalue weighted by Crippen LogP contribution is -2.39. The highest BCUT2D eigenvalue weighted by Crippen LogP contribution is 2.23. The number of rotatable bonds is 7. The number of carbonyl (C=O) groups is 2. The van der Waals surface area contributed by atoms with E-state index >= 15 is 0 Å². The summed E-state index contributed by atoms with van der Waals surface area (Å²) in [6.07, 6.45) is 2.88. The van der Waals surface area contributed by atoms with Crippen molar-refractivity contribution in [2.24, 2.45) is 0 Å². The summed E-state index contributed by atoms with van der Waals surface area (Å²) >= 11 is 0. The van der Waals surface area contributed by atoms with Gasteiger partial charge in [-0.1, -0.05) is 30.3 Å². The first-order chi connectivity index (χ1) is 13.2. The zero-order chi connectivity index (χ0) is 19.1. The summed E-state index contributed by atoms with van der Waals surface area (Å²) in [6, 6.07) is 16.9. The van der Waals surface area contributed by atoms with Gasteiger partial charge in [0.2, 0.25) is 5.91 Å². The highest BCUT2D eigenvalue weighted by atomic mass is 16.5. The highest BCUT2D eigenvalue weighted by molar-refractivity contribution is 6.00. The van der Waals surface area contributed by atoms with E-state index in [1.54, 1.807) is 19.2 Å². The Kier molecular flexibility index (Phi) is 6.60. The van der Waals surface area contributed by atoms with Gasteiger partial charge in [-0.3, -0.25) is 9.59 Å². The van der Waals surface area contributed by atoms with Gasteiger partial charge in [0, 0.05) is 50.0 Å². The molecule has 5 nitrogen and oxygen atoms in total. The van der Waals surface area contributed by atoms with Crippen molar-refractivity contribution in [2.45, 2.75) is 31.8 Å². The molecule has 1 amide bonds. The summed E-state index contributed by atoms with van der Waals surface area (Å²) in [5.41, 5.74) is 2.52. The predicted molar refractivity (Wildman–Crippen MR) is 107 cm³/mol. The summed E-state index contributed by atoms with van der Waals surface area (Å²) < 4.78 is 5.47. The summed E-state index contributed by atoms with van der Waals surface area (Å²) in [5.74, 6) is -0.164. The molecule has 1 aliphatic rings. The Labute approximate surface area is 160 Å². The zero-order valence-electron chi connectivity index (χ0n) is 15.7. The minimum absolute atomic E-state index is 0.0149. The van der Waals surface area contributed by atoms with Crippen molar-refractivity contribution in [1.82, 2.24) is 0 Å². The number of methoxy groups -OCH3 is 1. The third-order valence-corrected chi connectivity index (χ3v) is 4.90. The van der Waals surface area contributed by atoms with Crippen LogP contribution < -0.4 is 10.2 Å². The van der Waals surface area contributed by atoms with E-state index in [9.17, 15) is 9.59 Å². The SMILES string of the molecule is COC1CCCN(c2ccc(NC(=O)CCC(=O)c3ccccc3)cc2)C1. The van der Waals surface area contributed by atoms with Crippen LogP contribution in [0.15, 0.2) is 54.6 Å². The molecule has 2 aromatic rings. The van der Waals surface area contributed by atoms with E-state index in [2.05, 4.69) is 10.2 Å². The highest BCUT2D eigenvalue weighted by Gasteiger charge is 2.19. The molecule has 142 valence electrons. The Hall–Kier alpha value is -2.66. The monoisotopic (exact) mass is 366 g/mol. The van der Waals surface area contributed by atoms with Crippen LogP contribution in [-0.2, 0) is 9.53 Å². The number of amides is 1. The quantitative estimate of drug-likeness (QED) is 0.755. The Morgan fingerprint density at radius 1 is 1.07 bits per heavy atom. The van der Waals surface area contributed by atoms with Crippen molar-refractivity contribution in [3.63, 3.8) is 0 Å². The molecule has 1 saturated heterocycles. The molecule has 0 radical (unpaired) electrons. The minimum Gasteiger partial charge on any atom is -0.380 e. The molecular formula is C22H26N2O3. The first kappa shape index (κ1) is 19.1. The molecule has 0 saturated carbocycles. The van der Waals surface area contributed by atoms with Gasteiger partial charge in [-0.25, -0.2) is 0 Å². The number of hydrogen-bond acceptors (Lipinski definition) is 4. The zero-order valence-corrected chi connectivity index (χ0v) is 15.7. The molecule has 1 heterocycles. The van der Waals surface area contributed by atoms with Crippen LogP contribution in [0.3, 0.4) is 0 Å². The summed E-state index contributed by atoms with van der Waals surface area (Å²) in [6.45, 7) is 1.91. The molecule has 1 unspecified atom stereocenters. The van der Waals surface area contributed by atoms with E-state index in [1.165, 1.54) is 0 Å². The van der Waals surface area contributed by atoms with Gasteiger partial charge in [-0.05, 0) is 37.1 Å². The van der Waals surface area contributed by atoms with Crippen LogP contribution in [0.1, 0.15) is 36.0 Å². The molecule has 1 atom stereocenters. The molecule has 3 rings (SSSR count). The number of ether oxygens (including phenoxy) is 1. The molecular weight excluding hydrogens is 340 g/mol. The maximum atomic E-state index is 12.1. The predicted octanol–water partition coefficient (Wildman–Crippen LogP) is 3.90. The number of piperidine rings is 1. The van der Waals surface area contributed by atoms with E-state index in [-0.39, 0.29) is 30.6 Å². The number of nitrogens with one attached hydrogen (secondary N) is 1. The van der Waals surface area contributed by atoms with Crippen molar-refractivity contribution >= 4 is 23.1 Å². The number of hydrogen-bond donors (Lipinski definition) is 1. The molecule has 1 aliphatic heterocycles. The van der Waals surface area contributed by atoms with Gasteiger partial charge < -0.3 is 15.0 Å². The molecule has 0 aromatic heterocycles. The normalized spacial score (nSPS) is 16.8. The molecule has 0 bridgehead atoms. The van der Waals surface area contributed by atoms with E-state index < -0.39 is 0 Å². The third kappa shape index (κ3) is 5.41. The number of nitrogens with zero attached hydrogens (tertiary/aromatic N) is 1. The number of carbonyl (C=O) groups excluding carboxylic acids is 2. The lowest BCUT2D eigenvalue weighted by atomic mass is 10.1. The summed E-state index contributed by atoms with van der Waals surface area (Å²) in [4.78, 5) is 26.5. The van der Waals surface area contributed by atoms with Crippen molar-refractivity contribution in [3.05, 3.63) is 60.2 Å². The second-order valence-corrected chi connectivity index (χ2v) is 6.83. The first-order valence-corrected chi connectivity index (χ1v) is 9.41. The van der Waals surface area contributed by atoms with Gasteiger partial charge >= 0.3 is 0 Å². The van der Waals surface area contributed by atoms with Gasteiger partial charge in [0.1, 0.15) is 0 Å².